The molecule has 0 unspecified atom stereocenters. The molecule has 2 aromatic carbocycles. The molecule has 3 aliphatic rings. The summed E-state index contributed by atoms with van der Waals surface area (Å²) < 4.78 is 30.7. The van der Waals surface area contributed by atoms with Crippen molar-refractivity contribution in [2.75, 3.05) is 42.4 Å². The van der Waals surface area contributed by atoms with Gasteiger partial charge in [0.05, 0.1) is 36.9 Å². The standard InChI is InChI=1S/C42H55N7O8Si/c1-39(2,3)55-37(51)48-30-17-15-25(53-10)19-28(30)42(36(48)50)20-29(42)24-14-16-27-31(18-24)49(38(52)56-40(4,5)6)46-33(27)45-34-32(54-11)35(44-23-43-34)47-21-26(22-47)57-58(12,13)41(7,8)9/h14-19,23,26,29H,20-22H2,1-13H3,(H,43,44,45,46)/t29-,42-/m0/s1. The Bertz CT molecular complexity index is 2300. The monoisotopic (exact) mass is 813 g/mol. The number of aromatic nitrogens is 4. The molecule has 16 heteroatoms. The van der Waals surface area contributed by atoms with Gasteiger partial charge in [-0.1, -0.05) is 26.8 Å². The molecular weight excluding hydrogens is 759 g/mol. The lowest BCUT2D eigenvalue weighted by Crippen LogP contribution is -2.58. The van der Waals surface area contributed by atoms with E-state index in [1.165, 1.54) is 11.0 Å². The quantitative estimate of drug-likeness (QED) is 0.170. The predicted molar refractivity (Wildman–Crippen MR) is 223 cm³/mol. The summed E-state index contributed by atoms with van der Waals surface area (Å²) in [6, 6.07) is 10.9. The number of amides is 2. The van der Waals surface area contributed by atoms with Gasteiger partial charge in [-0.25, -0.2) is 24.5 Å². The first-order chi connectivity index (χ1) is 27.0. The number of methoxy groups -OCH3 is 2. The number of nitrogens with zero attached hydrogens (tertiary/aromatic N) is 6. The number of carbonyl (C=O) groups excluding carboxylic acids is 3. The molecule has 1 spiro atoms. The van der Waals surface area contributed by atoms with E-state index in [2.05, 4.69) is 54.0 Å². The third-order valence-corrected chi connectivity index (χ3v) is 15.9. The molecule has 310 valence electrons. The van der Waals surface area contributed by atoms with E-state index in [0.717, 1.165) is 10.5 Å². The highest BCUT2D eigenvalue weighted by Gasteiger charge is 2.68. The van der Waals surface area contributed by atoms with E-state index in [9.17, 15) is 14.4 Å². The third-order valence-electron chi connectivity index (χ3n) is 11.4. The van der Waals surface area contributed by atoms with Crippen molar-refractivity contribution in [1.29, 1.82) is 0 Å². The van der Waals surface area contributed by atoms with Gasteiger partial charge in [-0.3, -0.25) is 4.79 Å². The van der Waals surface area contributed by atoms with Crippen LogP contribution in [0.1, 0.15) is 85.8 Å². The first-order valence-electron chi connectivity index (χ1n) is 19.6. The van der Waals surface area contributed by atoms with Crippen molar-refractivity contribution >= 4 is 60.5 Å². The highest BCUT2D eigenvalue weighted by Crippen LogP contribution is 2.67. The van der Waals surface area contributed by atoms with Crippen LogP contribution in [0.4, 0.5) is 32.7 Å². The van der Waals surface area contributed by atoms with Gasteiger partial charge >= 0.3 is 12.2 Å². The van der Waals surface area contributed by atoms with E-state index in [1.54, 1.807) is 67.9 Å². The molecule has 1 saturated carbocycles. The summed E-state index contributed by atoms with van der Waals surface area (Å²) in [7, 11) is 1.17. The molecular formula is C42H55N7O8Si. The van der Waals surface area contributed by atoms with Gasteiger partial charge in [0.25, 0.3) is 0 Å². The Morgan fingerprint density at radius 3 is 2.16 bits per heavy atom. The lowest BCUT2D eigenvalue weighted by atomic mass is 9.91. The minimum atomic E-state index is -1.95. The van der Waals surface area contributed by atoms with Crippen molar-refractivity contribution in [3.05, 3.63) is 53.9 Å². The first-order valence-corrected chi connectivity index (χ1v) is 22.5. The van der Waals surface area contributed by atoms with E-state index < -0.39 is 37.1 Å². The summed E-state index contributed by atoms with van der Waals surface area (Å²) in [6.07, 6.45) is 0.561. The van der Waals surface area contributed by atoms with Gasteiger partial charge in [-0.15, -0.1) is 5.10 Å². The van der Waals surface area contributed by atoms with Crippen LogP contribution in [0.25, 0.3) is 10.9 Å². The number of imide groups is 1. The average molecular weight is 814 g/mol. The molecule has 7 rings (SSSR count). The molecule has 4 aromatic rings. The second-order valence-corrected chi connectivity index (χ2v) is 23.6. The molecule has 1 N–H and O–H groups in total. The van der Waals surface area contributed by atoms with Crippen molar-refractivity contribution in [3.63, 3.8) is 0 Å². The van der Waals surface area contributed by atoms with Crippen LogP contribution in [0.2, 0.25) is 18.1 Å². The van der Waals surface area contributed by atoms with Crippen molar-refractivity contribution in [2.45, 2.75) is 116 Å². The highest BCUT2D eigenvalue weighted by atomic mass is 28.4. The normalized spacial score (nSPS) is 19.6. The smallest absolute Gasteiger partial charge is 0.435 e. The lowest BCUT2D eigenvalue weighted by molar-refractivity contribution is -0.120. The molecule has 2 atom stereocenters. The second-order valence-electron chi connectivity index (χ2n) is 18.9. The largest absolute Gasteiger partial charge is 0.497 e. The topological polar surface area (TPSA) is 159 Å². The number of carbonyl (C=O) groups is 3. The van der Waals surface area contributed by atoms with Gasteiger partial charge < -0.3 is 33.6 Å². The highest BCUT2D eigenvalue weighted by molar-refractivity contribution is 6.74. The van der Waals surface area contributed by atoms with Crippen molar-refractivity contribution < 1.29 is 37.8 Å². The van der Waals surface area contributed by atoms with Crippen LogP contribution >= 0.6 is 0 Å². The number of rotatable bonds is 8. The molecule has 2 amide bonds. The summed E-state index contributed by atoms with van der Waals surface area (Å²) in [4.78, 5) is 54.0. The van der Waals surface area contributed by atoms with Crippen LogP contribution in [-0.2, 0) is 24.1 Å². The molecule has 0 radical (unpaired) electrons. The van der Waals surface area contributed by atoms with Crippen LogP contribution in [0.3, 0.4) is 0 Å². The number of ether oxygens (including phenoxy) is 4. The zero-order chi connectivity index (χ0) is 42.3. The molecule has 0 bridgehead atoms. The van der Waals surface area contributed by atoms with Crippen LogP contribution in [-0.4, -0.2) is 90.8 Å². The summed E-state index contributed by atoms with van der Waals surface area (Å²) in [5, 5.41) is 8.72. The maximum Gasteiger partial charge on any atom is 0.435 e. The zero-order valence-electron chi connectivity index (χ0n) is 35.8. The van der Waals surface area contributed by atoms with Crippen LogP contribution in [0.5, 0.6) is 11.5 Å². The maximum absolute atomic E-state index is 14.4. The zero-order valence-corrected chi connectivity index (χ0v) is 36.8. The molecule has 4 heterocycles. The van der Waals surface area contributed by atoms with Crippen molar-refractivity contribution in [3.8, 4) is 11.5 Å². The van der Waals surface area contributed by atoms with E-state index in [1.807, 2.05) is 24.3 Å². The third kappa shape index (κ3) is 7.25. The van der Waals surface area contributed by atoms with Crippen LogP contribution < -0.4 is 24.6 Å². The van der Waals surface area contributed by atoms with E-state index in [4.69, 9.17) is 28.5 Å². The Balaban J connectivity index is 1.23. The Labute approximate surface area is 340 Å². The number of nitrogens with one attached hydrogen (secondary N) is 1. The Morgan fingerprint density at radius 1 is 0.862 bits per heavy atom. The minimum Gasteiger partial charge on any atom is -0.497 e. The lowest BCUT2D eigenvalue weighted by Gasteiger charge is -2.46. The number of benzene rings is 2. The first kappa shape index (κ1) is 41.0. The fraction of sp³-hybridized carbons (Fsp3) is 0.524. The van der Waals surface area contributed by atoms with Gasteiger partial charge in [0, 0.05) is 24.4 Å². The SMILES string of the molecule is COc1ccc2c(c1)[C@]1(C[C@H]1c1ccc3c(Nc4ncnc(N5CC(O[Si](C)(C)C(C)(C)C)C5)c4OC)nn(C(=O)OC(C)(C)C)c3c1)C(=O)N2C(=O)OC(C)(C)C. The van der Waals surface area contributed by atoms with Gasteiger partial charge in [-0.05, 0) is 108 Å². The average Bonchev–Trinajstić information content (AvgIpc) is 3.69. The van der Waals surface area contributed by atoms with E-state index in [0.29, 0.717) is 70.6 Å². The van der Waals surface area contributed by atoms with E-state index in [-0.39, 0.29) is 23.0 Å². The summed E-state index contributed by atoms with van der Waals surface area (Å²) in [5.74, 6) is 1.61. The van der Waals surface area contributed by atoms with Gasteiger partial charge in [0.2, 0.25) is 11.7 Å². The van der Waals surface area contributed by atoms with Gasteiger partial charge in [0.1, 0.15) is 23.3 Å². The molecule has 2 aliphatic heterocycles. The summed E-state index contributed by atoms with van der Waals surface area (Å²) in [6.45, 7) is 23.1. The van der Waals surface area contributed by atoms with Gasteiger partial charge in [0.15, 0.2) is 25.8 Å². The molecule has 1 aliphatic carbocycles. The van der Waals surface area contributed by atoms with Crippen LogP contribution in [0, 0.1) is 0 Å². The Hall–Kier alpha value is -5.22. The minimum absolute atomic E-state index is 0.0839. The summed E-state index contributed by atoms with van der Waals surface area (Å²) >= 11 is 0. The predicted octanol–water partition coefficient (Wildman–Crippen LogP) is 8.29. The fourth-order valence-corrected chi connectivity index (χ4v) is 8.79. The molecule has 2 fully saturated rings. The maximum atomic E-state index is 14.4. The second kappa shape index (κ2) is 14.0. The molecule has 58 heavy (non-hydrogen) atoms. The Kier molecular flexibility index (Phi) is 9.86. The fourth-order valence-electron chi connectivity index (χ4n) is 7.45. The molecule has 2 aromatic heterocycles. The van der Waals surface area contributed by atoms with E-state index >= 15 is 0 Å². The number of fused-ring (bicyclic) bond motifs is 3. The number of hydrogen-bond acceptors (Lipinski definition) is 13. The molecule has 1 saturated heterocycles. The van der Waals surface area contributed by atoms with Crippen LogP contribution in [0.15, 0.2) is 42.7 Å². The number of hydrogen-bond donors (Lipinski definition) is 1. The van der Waals surface area contributed by atoms with Crippen molar-refractivity contribution in [1.82, 2.24) is 19.7 Å². The Morgan fingerprint density at radius 2 is 1.53 bits per heavy atom. The number of anilines is 4. The van der Waals surface area contributed by atoms with Gasteiger partial charge in [-0.2, -0.15) is 4.68 Å². The van der Waals surface area contributed by atoms with Crippen molar-refractivity contribution in [2.24, 2.45) is 0 Å². The summed E-state index contributed by atoms with van der Waals surface area (Å²) in [5.41, 5.74) is -0.271. The molecule has 15 nitrogen and oxygen atoms in total.